The van der Waals surface area contributed by atoms with Crippen molar-refractivity contribution in [2.45, 2.75) is 26.3 Å². The van der Waals surface area contributed by atoms with Gasteiger partial charge in [-0.1, -0.05) is 18.2 Å². The predicted octanol–water partition coefficient (Wildman–Crippen LogP) is 2.18. The summed E-state index contributed by atoms with van der Waals surface area (Å²) in [7, 11) is 1.98. The lowest BCUT2D eigenvalue weighted by Crippen LogP contribution is -2.27. The second kappa shape index (κ2) is 7.30. The van der Waals surface area contributed by atoms with Crippen LogP contribution in [0.2, 0.25) is 0 Å². The highest BCUT2D eigenvalue weighted by Crippen LogP contribution is 2.25. The number of nitrogens with one attached hydrogen (secondary N) is 1. The van der Waals surface area contributed by atoms with Crippen molar-refractivity contribution in [1.82, 2.24) is 5.32 Å². The van der Waals surface area contributed by atoms with Crippen LogP contribution in [0.4, 0.5) is 5.69 Å². The smallest absolute Gasteiger partial charge is 0.0447 e. The van der Waals surface area contributed by atoms with Crippen LogP contribution in [0.3, 0.4) is 0 Å². The summed E-state index contributed by atoms with van der Waals surface area (Å²) in [6, 6.07) is 8.81. The Morgan fingerprint density at radius 2 is 2.06 bits per heavy atom. The quantitative estimate of drug-likeness (QED) is 0.761. The zero-order chi connectivity index (χ0) is 12.7. The Balaban J connectivity index is 2.93. The van der Waals surface area contributed by atoms with Crippen LogP contribution in [0.25, 0.3) is 0 Å². The average Bonchev–Trinajstić information content (AvgIpc) is 2.39. The first-order valence-corrected chi connectivity index (χ1v) is 6.36. The van der Waals surface area contributed by atoms with Crippen LogP contribution in [0.15, 0.2) is 24.3 Å². The summed E-state index contributed by atoms with van der Waals surface area (Å²) in [5.41, 5.74) is 2.58. The lowest BCUT2D eigenvalue weighted by atomic mass is 10.1. The number of para-hydroxylation sites is 1. The molecule has 96 valence electrons. The molecule has 3 nitrogen and oxygen atoms in total. The van der Waals surface area contributed by atoms with Crippen molar-refractivity contribution in [1.29, 1.82) is 0 Å². The maximum Gasteiger partial charge on any atom is 0.0447 e. The molecule has 3 heteroatoms. The van der Waals surface area contributed by atoms with E-state index >= 15 is 0 Å². The molecule has 0 aromatic heterocycles. The summed E-state index contributed by atoms with van der Waals surface area (Å²) in [5, 5.41) is 12.2. The second-order valence-corrected chi connectivity index (χ2v) is 4.23. The zero-order valence-corrected chi connectivity index (χ0v) is 11.1. The number of rotatable bonds is 7. The van der Waals surface area contributed by atoms with Crippen molar-refractivity contribution in [3.63, 3.8) is 0 Å². The maximum absolute atomic E-state index is 8.94. The first kappa shape index (κ1) is 14.0. The fraction of sp³-hybridized carbons (Fsp3) is 0.571. The summed E-state index contributed by atoms with van der Waals surface area (Å²) in [6.45, 7) is 6.44. The van der Waals surface area contributed by atoms with E-state index in [1.54, 1.807) is 0 Å². The van der Waals surface area contributed by atoms with E-state index in [-0.39, 0.29) is 6.61 Å². The van der Waals surface area contributed by atoms with Gasteiger partial charge in [0.15, 0.2) is 0 Å². The first-order valence-electron chi connectivity index (χ1n) is 6.36. The zero-order valence-electron chi connectivity index (χ0n) is 11.1. The van der Waals surface area contributed by atoms with Crippen LogP contribution in [0.5, 0.6) is 0 Å². The minimum atomic E-state index is 0.250. The molecule has 2 N–H and O–H groups in total. The van der Waals surface area contributed by atoms with Gasteiger partial charge in [-0.3, -0.25) is 0 Å². The Labute approximate surface area is 104 Å². The summed E-state index contributed by atoms with van der Waals surface area (Å²) in [4.78, 5) is 2.32. The molecular weight excluding hydrogens is 212 g/mol. The van der Waals surface area contributed by atoms with Crippen LogP contribution < -0.4 is 10.2 Å². The third-order valence-corrected chi connectivity index (χ3v) is 3.14. The van der Waals surface area contributed by atoms with Crippen molar-refractivity contribution in [2.75, 3.05) is 31.6 Å². The van der Waals surface area contributed by atoms with Crippen molar-refractivity contribution in [3.8, 4) is 0 Å². The topological polar surface area (TPSA) is 35.5 Å². The Morgan fingerprint density at radius 3 is 2.65 bits per heavy atom. The van der Waals surface area contributed by atoms with E-state index < -0.39 is 0 Å². The third kappa shape index (κ3) is 3.72. The molecule has 0 aliphatic heterocycles. The van der Waals surface area contributed by atoms with E-state index in [2.05, 4.69) is 48.3 Å². The molecule has 1 aromatic carbocycles. The minimum Gasteiger partial charge on any atom is -0.396 e. The molecule has 1 rings (SSSR count). The van der Waals surface area contributed by atoms with Gasteiger partial charge in [-0.15, -0.1) is 0 Å². The molecule has 17 heavy (non-hydrogen) atoms. The van der Waals surface area contributed by atoms with Crippen LogP contribution in [-0.4, -0.2) is 31.9 Å². The SMILES string of the molecule is CCN(CCCO)c1ccccc1C(C)NC. The van der Waals surface area contributed by atoms with Crippen molar-refractivity contribution in [2.24, 2.45) is 0 Å². The lowest BCUT2D eigenvalue weighted by molar-refractivity contribution is 0.289. The molecule has 0 bridgehead atoms. The minimum absolute atomic E-state index is 0.250. The van der Waals surface area contributed by atoms with Gasteiger partial charge in [0.2, 0.25) is 0 Å². The molecule has 1 aromatic rings. The number of aliphatic hydroxyl groups is 1. The van der Waals surface area contributed by atoms with E-state index in [9.17, 15) is 0 Å². The third-order valence-electron chi connectivity index (χ3n) is 3.14. The van der Waals surface area contributed by atoms with Gasteiger partial charge in [-0.05, 0) is 38.9 Å². The Hall–Kier alpha value is -1.06. The number of anilines is 1. The monoisotopic (exact) mass is 236 g/mol. The largest absolute Gasteiger partial charge is 0.396 e. The Bertz CT molecular complexity index is 328. The summed E-state index contributed by atoms with van der Waals surface area (Å²) < 4.78 is 0. The molecule has 0 saturated carbocycles. The fourth-order valence-corrected chi connectivity index (χ4v) is 2.01. The number of aliphatic hydroxyl groups excluding tert-OH is 1. The van der Waals surface area contributed by atoms with E-state index in [0.29, 0.717) is 6.04 Å². The standard InChI is InChI=1S/C14H24N2O/c1-4-16(10-7-11-17)14-9-6-5-8-13(14)12(2)15-3/h5-6,8-9,12,15,17H,4,7,10-11H2,1-3H3. The van der Waals surface area contributed by atoms with Gasteiger partial charge in [-0.25, -0.2) is 0 Å². The Morgan fingerprint density at radius 1 is 1.35 bits per heavy atom. The van der Waals surface area contributed by atoms with Gasteiger partial charge >= 0.3 is 0 Å². The molecule has 1 unspecified atom stereocenters. The van der Waals surface area contributed by atoms with E-state index in [4.69, 9.17) is 5.11 Å². The molecule has 0 fully saturated rings. The van der Waals surface area contributed by atoms with Gasteiger partial charge in [-0.2, -0.15) is 0 Å². The molecule has 0 aliphatic rings. The summed E-state index contributed by atoms with van der Waals surface area (Å²) in [5.74, 6) is 0. The highest BCUT2D eigenvalue weighted by atomic mass is 16.3. The number of hydrogen-bond donors (Lipinski definition) is 2. The predicted molar refractivity (Wildman–Crippen MR) is 73.5 cm³/mol. The molecule has 0 aliphatic carbocycles. The molecular formula is C14H24N2O. The molecule has 0 heterocycles. The van der Waals surface area contributed by atoms with E-state index in [1.165, 1.54) is 11.3 Å². The maximum atomic E-state index is 8.94. The number of nitrogens with zero attached hydrogens (tertiary/aromatic N) is 1. The number of hydrogen-bond acceptors (Lipinski definition) is 3. The van der Waals surface area contributed by atoms with Crippen LogP contribution in [-0.2, 0) is 0 Å². The van der Waals surface area contributed by atoms with E-state index in [1.807, 2.05) is 7.05 Å². The average molecular weight is 236 g/mol. The Kier molecular flexibility index (Phi) is 6.01. The highest BCUT2D eigenvalue weighted by Gasteiger charge is 2.12. The molecule has 0 saturated heterocycles. The van der Waals surface area contributed by atoms with Gasteiger partial charge in [0.05, 0.1) is 0 Å². The van der Waals surface area contributed by atoms with Crippen LogP contribution in [0.1, 0.15) is 31.9 Å². The molecule has 0 spiro atoms. The van der Waals surface area contributed by atoms with Crippen LogP contribution in [0, 0.1) is 0 Å². The van der Waals surface area contributed by atoms with Crippen molar-refractivity contribution in [3.05, 3.63) is 29.8 Å². The normalized spacial score (nSPS) is 12.5. The van der Waals surface area contributed by atoms with Gasteiger partial charge in [0.25, 0.3) is 0 Å². The number of benzene rings is 1. The molecule has 0 amide bonds. The van der Waals surface area contributed by atoms with Crippen molar-refractivity contribution < 1.29 is 5.11 Å². The fourth-order valence-electron chi connectivity index (χ4n) is 2.01. The van der Waals surface area contributed by atoms with Gasteiger partial charge in [0, 0.05) is 31.4 Å². The summed E-state index contributed by atoms with van der Waals surface area (Å²) in [6.07, 6.45) is 0.816. The van der Waals surface area contributed by atoms with Crippen molar-refractivity contribution >= 4 is 5.69 Å². The van der Waals surface area contributed by atoms with Crippen LogP contribution >= 0.6 is 0 Å². The molecule has 0 radical (unpaired) electrons. The first-order chi connectivity index (χ1) is 8.24. The van der Waals surface area contributed by atoms with Gasteiger partial charge in [0.1, 0.15) is 0 Å². The van der Waals surface area contributed by atoms with E-state index in [0.717, 1.165) is 19.5 Å². The lowest BCUT2D eigenvalue weighted by Gasteiger charge is -2.27. The highest BCUT2D eigenvalue weighted by molar-refractivity contribution is 5.54. The summed E-state index contributed by atoms with van der Waals surface area (Å²) >= 11 is 0. The second-order valence-electron chi connectivity index (χ2n) is 4.23. The van der Waals surface area contributed by atoms with Gasteiger partial charge < -0.3 is 15.3 Å². The molecule has 1 atom stereocenters.